The smallest absolute Gasteiger partial charge is 0.252 e. The number of benzene rings is 1. The average Bonchev–Trinajstić information content (AvgIpc) is 2.61. The number of anilines is 1. The second-order valence-corrected chi connectivity index (χ2v) is 7.81. The maximum absolute atomic E-state index is 13.3. The van der Waals surface area contributed by atoms with Crippen molar-refractivity contribution in [2.45, 2.75) is 58.8 Å². The highest BCUT2D eigenvalue weighted by atomic mass is 19.1. The van der Waals surface area contributed by atoms with Crippen LogP contribution in [-0.2, 0) is 0 Å². The molecular weight excluding hydrogens is 355 g/mol. The Bertz CT molecular complexity index is 1100. The third-order valence-corrected chi connectivity index (χ3v) is 5.79. The van der Waals surface area contributed by atoms with Crippen LogP contribution in [0.25, 0.3) is 10.9 Å². The van der Waals surface area contributed by atoms with Crippen molar-refractivity contribution in [3.63, 3.8) is 0 Å². The molecule has 2 heterocycles. The topological polar surface area (TPSA) is 59.8 Å². The van der Waals surface area contributed by atoms with E-state index in [1.807, 2.05) is 6.92 Å². The maximum atomic E-state index is 13.3. The van der Waals surface area contributed by atoms with Gasteiger partial charge in [0.25, 0.3) is 5.56 Å². The Morgan fingerprint density at radius 2 is 1.96 bits per heavy atom. The monoisotopic (exact) mass is 380 g/mol. The number of rotatable bonds is 4. The number of nitrogens with one attached hydrogen (secondary N) is 1. The lowest BCUT2D eigenvalue weighted by Crippen LogP contribution is -2.34. The van der Waals surface area contributed by atoms with Crippen LogP contribution in [-0.4, -0.2) is 20.7 Å². The van der Waals surface area contributed by atoms with Gasteiger partial charge in [0.1, 0.15) is 17.8 Å². The SMILES string of the molecule is Cc1nc(N[C@H](C)c2cccc(C)c2C)c2cn([C@H]3C[C@H](F)C3)c(=O)cc2n1. The first kappa shape index (κ1) is 18.6. The molecule has 1 saturated carbocycles. The molecule has 1 aromatic carbocycles. The Kier molecular flexibility index (Phi) is 4.65. The molecule has 0 unspecified atom stereocenters. The first-order valence-electron chi connectivity index (χ1n) is 9.70. The molecule has 4 rings (SSSR count). The van der Waals surface area contributed by atoms with Crippen LogP contribution in [0.1, 0.15) is 54.4 Å². The Hall–Kier alpha value is -2.76. The molecule has 1 atom stereocenters. The van der Waals surface area contributed by atoms with E-state index in [-0.39, 0.29) is 17.6 Å². The van der Waals surface area contributed by atoms with Crippen LogP contribution in [0.3, 0.4) is 0 Å². The van der Waals surface area contributed by atoms with Crippen molar-refractivity contribution < 1.29 is 4.39 Å². The molecule has 0 radical (unpaired) electrons. The highest BCUT2D eigenvalue weighted by Crippen LogP contribution is 2.34. The van der Waals surface area contributed by atoms with Gasteiger partial charge in [0.2, 0.25) is 0 Å². The lowest BCUT2D eigenvalue weighted by molar-refractivity contribution is 0.134. The second-order valence-electron chi connectivity index (χ2n) is 7.81. The van der Waals surface area contributed by atoms with Crippen LogP contribution in [0.5, 0.6) is 0 Å². The Labute approximate surface area is 163 Å². The molecule has 146 valence electrons. The quantitative estimate of drug-likeness (QED) is 0.721. The number of nitrogens with zero attached hydrogens (tertiary/aromatic N) is 3. The number of alkyl halides is 1. The van der Waals surface area contributed by atoms with Crippen LogP contribution in [0.15, 0.2) is 35.3 Å². The molecular formula is C22H25FN4O. The Morgan fingerprint density at radius 1 is 1.21 bits per heavy atom. The Balaban J connectivity index is 1.76. The van der Waals surface area contributed by atoms with Gasteiger partial charge >= 0.3 is 0 Å². The predicted molar refractivity (Wildman–Crippen MR) is 110 cm³/mol. The molecule has 0 spiro atoms. The molecule has 1 aliphatic carbocycles. The largest absolute Gasteiger partial charge is 0.363 e. The standard InChI is InChI=1S/C22H25FN4O/c1-12-6-5-7-18(13(12)2)14(3)24-22-19-11-27(17-8-16(23)9-17)21(28)10-20(19)25-15(4)26-22/h5-7,10-11,14,16-17H,8-9H2,1-4H3,(H,24,25,26)/t14-,16-,17-/m1/s1. The van der Waals surface area contributed by atoms with E-state index in [0.717, 1.165) is 5.39 Å². The van der Waals surface area contributed by atoms with Crippen molar-refractivity contribution >= 4 is 16.7 Å². The molecule has 0 amide bonds. The number of hydrogen-bond acceptors (Lipinski definition) is 4. The number of hydrogen-bond donors (Lipinski definition) is 1. The molecule has 3 aromatic rings. The molecule has 1 N–H and O–H groups in total. The van der Waals surface area contributed by atoms with Crippen LogP contribution in [0.4, 0.5) is 10.2 Å². The van der Waals surface area contributed by atoms with Crippen molar-refractivity contribution in [3.05, 3.63) is 63.3 Å². The fourth-order valence-corrected chi connectivity index (χ4v) is 3.90. The number of aryl methyl sites for hydroxylation is 2. The molecule has 2 aromatic heterocycles. The molecule has 1 aliphatic rings. The first-order valence-corrected chi connectivity index (χ1v) is 9.70. The average molecular weight is 380 g/mol. The van der Waals surface area contributed by atoms with Crippen molar-refractivity contribution in [2.75, 3.05) is 5.32 Å². The summed E-state index contributed by atoms with van der Waals surface area (Å²) in [6.45, 7) is 8.14. The number of fused-ring (bicyclic) bond motifs is 1. The van der Waals surface area contributed by atoms with Gasteiger partial charge < -0.3 is 9.88 Å². The highest BCUT2D eigenvalue weighted by Gasteiger charge is 2.31. The van der Waals surface area contributed by atoms with Gasteiger partial charge in [-0.05, 0) is 57.2 Å². The minimum atomic E-state index is -0.816. The van der Waals surface area contributed by atoms with Gasteiger partial charge in [-0.1, -0.05) is 18.2 Å². The summed E-state index contributed by atoms with van der Waals surface area (Å²) in [6, 6.07) is 7.76. The summed E-state index contributed by atoms with van der Waals surface area (Å²) in [7, 11) is 0. The van der Waals surface area contributed by atoms with Crippen LogP contribution >= 0.6 is 0 Å². The molecule has 0 saturated heterocycles. The zero-order chi connectivity index (χ0) is 20.0. The second kappa shape index (κ2) is 7.00. The van der Waals surface area contributed by atoms with E-state index in [1.54, 1.807) is 10.8 Å². The van der Waals surface area contributed by atoms with Gasteiger partial charge in [0.05, 0.1) is 16.9 Å². The molecule has 6 heteroatoms. The van der Waals surface area contributed by atoms with Gasteiger partial charge in [-0.2, -0.15) is 0 Å². The van der Waals surface area contributed by atoms with Crippen LogP contribution in [0, 0.1) is 20.8 Å². The lowest BCUT2D eigenvalue weighted by atomic mass is 9.90. The molecule has 0 bridgehead atoms. The normalized spacial score (nSPS) is 20.0. The zero-order valence-electron chi connectivity index (χ0n) is 16.7. The van der Waals surface area contributed by atoms with E-state index in [1.165, 1.54) is 22.8 Å². The van der Waals surface area contributed by atoms with Crippen LogP contribution < -0.4 is 10.9 Å². The van der Waals surface area contributed by atoms with Gasteiger partial charge in [0.15, 0.2) is 0 Å². The minimum absolute atomic E-state index is 0.0386. The summed E-state index contributed by atoms with van der Waals surface area (Å²) in [6.07, 6.45) is 1.74. The zero-order valence-corrected chi connectivity index (χ0v) is 16.7. The minimum Gasteiger partial charge on any atom is -0.363 e. The van der Waals surface area contributed by atoms with Gasteiger partial charge in [-0.3, -0.25) is 4.79 Å². The third kappa shape index (κ3) is 3.28. The molecule has 5 nitrogen and oxygen atoms in total. The van der Waals surface area contributed by atoms with Crippen molar-refractivity contribution in [1.29, 1.82) is 0 Å². The van der Waals surface area contributed by atoms with Gasteiger partial charge in [0, 0.05) is 18.3 Å². The fraction of sp³-hybridized carbons (Fsp3) is 0.409. The van der Waals surface area contributed by atoms with Gasteiger partial charge in [-0.25, -0.2) is 14.4 Å². The Morgan fingerprint density at radius 3 is 2.68 bits per heavy atom. The number of pyridine rings is 1. The fourth-order valence-electron chi connectivity index (χ4n) is 3.90. The molecule has 28 heavy (non-hydrogen) atoms. The summed E-state index contributed by atoms with van der Waals surface area (Å²) >= 11 is 0. The molecule has 1 fully saturated rings. The highest BCUT2D eigenvalue weighted by molar-refractivity contribution is 5.88. The van der Waals surface area contributed by atoms with E-state index in [0.29, 0.717) is 30.0 Å². The summed E-state index contributed by atoms with van der Waals surface area (Å²) in [4.78, 5) is 21.5. The third-order valence-electron chi connectivity index (χ3n) is 5.79. The molecule has 0 aliphatic heterocycles. The van der Waals surface area contributed by atoms with E-state index >= 15 is 0 Å². The number of aromatic nitrogens is 3. The van der Waals surface area contributed by atoms with E-state index in [9.17, 15) is 9.18 Å². The first-order chi connectivity index (χ1) is 13.3. The van der Waals surface area contributed by atoms with Crippen LogP contribution in [0.2, 0.25) is 0 Å². The summed E-state index contributed by atoms with van der Waals surface area (Å²) in [5.74, 6) is 1.30. The maximum Gasteiger partial charge on any atom is 0.252 e. The van der Waals surface area contributed by atoms with Crippen molar-refractivity contribution in [2.24, 2.45) is 0 Å². The predicted octanol–water partition coefficient (Wildman–Crippen LogP) is 4.56. The van der Waals surface area contributed by atoms with Crippen molar-refractivity contribution in [3.8, 4) is 0 Å². The van der Waals surface area contributed by atoms with Gasteiger partial charge in [-0.15, -0.1) is 0 Å². The van der Waals surface area contributed by atoms with Crippen molar-refractivity contribution in [1.82, 2.24) is 14.5 Å². The van der Waals surface area contributed by atoms with E-state index < -0.39 is 6.17 Å². The van der Waals surface area contributed by atoms with E-state index in [2.05, 4.69) is 54.3 Å². The number of halogens is 1. The van der Waals surface area contributed by atoms with E-state index in [4.69, 9.17) is 0 Å². The summed E-state index contributed by atoms with van der Waals surface area (Å²) in [5, 5.41) is 4.28. The lowest BCUT2D eigenvalue weighted by Gasteiger charge is -2.31. The summed E-state index contributed by atoms with van der Waals surface area (Å²) < 4.78 is 14.9. The summed E-state index contributed by atoms with van der Waals surface area (Å²) in [5.41, 5.74) is 4.17.